The normalized spacial score (nSPS) is 20.0. The van der Waals surface area contributed by atoms with E-state index in [1.54, 1.807) is 0 Å². The molecular formula is C17H23BN2O3S. The van der Waals surface area contributed by atoms with E-state index >= 15 is 0 Å². The fraction of sp³-hybridized carbons (Fsp3) is 0.471. The number of hydrogen-bond donors (Lipinski definition) is 2. The summed E-state index contributed by atoms with van der Waals surface area (Å²) >= 11 is 1.22. The lowest BCUT2D eigenvalue weighted by Gasteiger charge is -2.32. The number of fused-ring (bicyclic) bond motifs is 1. The highest BCUT2D eigenvalue weighted by Crippen LogP contribution is 2.38. The molecule has 2 aromatic rings. The van der Waals surface area contributed by atoms with Gasteiger partial charge in [-0.2, -0.15) is 0 Å². The number of nitrogens with one attached hydrogen (secondary N) is 2. The van der Waals surface area contributed by atoms with Crippen LogP contribution in [0.2, 0.25) is 0 Å². The summed E-state index contributed by atoms with van der Waals surface area (Å²) in [6.45, 7) is 8.86. The van der Waals surface area contributed by atoms with Gasteiger partial charge in [-0.15, -0.1) is 0 Å². The lowest BCUT2D eigenvalue weighted by atomic mass is 9.77. The first-order valence-electron chi connectivity index (χ1n) is 8.05. The molecule has 0 saturated carbocycles. The zero-order chi connectivity index (χ0) is 17.5. The van der Waals surface area contributed by atoms with Crippen LogP contribution in [0.25, 0.3) is 16.3 Å². The summed E-state index contributed by atoms with van der Waals surface area (Å²) < 4.78 is 13.3. The van der Waals surface area contributed by atoms with Crippen LogP contribution in [-0.4, -0.2) is 36.9 Å². The van der Waals surface area contributed by atoms with Crippen molar-refractivity contribution in [3.8, 4) is 0 Å². The third-order valence-corrected chi connectivity index (χ3v) is 5.58. The van der Waals surface area contributed by atoms with Crippen LogP contribution in [0.5, 0.6) is 0 Å². The molecule has 0 radical (unpaired) electrons. The average molecular weight is 346 g/mol. The maximum Gasteiger partial charge on any atom is 0.491 e. The van der Waals surface area contributed by atoms with E-state index in [0.717, 1.165) is 21.3 Å². The number of rotatable bonds is 4. The number of thiazole rings is 1. The van der Waals surface area contributed by atoms with Gasteiger partial charge in [-0.1, -0.05) is 23.5 Å². The topological polar surface area (TPSA) is 63.4 Å². The molecule has 0 bridgehead atoms. The molecular weight excluding hydrogens is 323 g/mol. The van der Waals surface area contributed by atoms with Crippen molar-refractivity contribution in [3.63, 3.8) is 0 Å². The van der Waals surface area contributed by atoms with Crippen LogP contribution in [0, 0.1) is 0 Å². The maximum atomic E-state index is 11.5. The third-order valence-electron chi connectivity index (χ3n) is 4.73. The van der Waals surface area contributed by atoms with Crippen molar-refractivity contribution in [3.05, 3.63) is 38.9 Å². The molecule has 0 atom stereocenters. The standard InChI is InChI=1S/C17H23BN2O3S/c1-16(2)17(3,4)23-18(22-16)12(10-19-5)8-11-6-7-13-14(9-11)24-15(21)20-13/h6-9,19H,10H2,1-5H3,(H,20,21). The Labute approximate surface area is 146 Å². The molecule has 0 spiro atoms. The number of H-pyrrole nitrogens is 1. The summed E-state index contributed by atoms with van der Waals surface area (Å²) in [4.78, 5) is 14.3. The minimum atomic E-state index is -0.386. The lowest BCUT2D eigenvalue weighted by molar-refractivity contribution is 0.00578. The minimum Gasteiger partial charge on any atom is -0.400 e. The number of aromatic nitrogens is 1. The van der Waals surface area contributed by atoms with Gasteiger partial charge >= 0.3 is 12.0 Å². The van der Waals surface area contributed by atoms with E-state index in [0.29, 0.717) is 6.54 Å². The summed E-state index contributed by atoms with van der Waals surface area (Å²) in [5, 5.41) is 3.18. The van der Waals surface area contributed by atoms with Crippen molar-refractivity contribution >= 4 is 34.7 Å². The number of aromatic amines is 1. The second-order valence-corrected chi connectivity index (χ2v) is 8.12. The first kappa shape index (κ1) is 17.4. The Bertz CT molecular complexity index is 822. The van der Waals surface area contributed by atoms with Gasteiger partial charge < -0.3 is 19.6 Å². The summed E-state index contributed by atoms with van der Waals surface area (Å²) in [6, 6.07) is 5.94. The summed E-state index contributed by atoms with van der Waals surface area (Å²) in [7, 11) is 1.52. The minimum absolute atomic E-state index is 0.0347. The van der Waals surface area contributed by atoms with Crippen LogP contribution in [0.4, 0.5) is 0 Å². The van der Waals surface area contributed by atoms with Gasteiger partial charge in [0.1, 0.15) is 0 Å². The summed E-state index contributed by atoms with van der Waals surface area (Å²) in [5.41, 5.74) is 2.19. The second-order valence-electron chi connectivity index (χ2n) is 7.11. The van der Waals surface area contributed by atoms with Crippen molar-refractivity contribution < 1.29 is 9.31 Å². The molecule has 5 nitrogen and oxygen atoms in total. The molecule has 1 aromatic carbocycles. The predicted octanol–water partition coefficient (Wildman–Crippen LogP) is 2.82. The third kappa shape index (κ3) is 3.21. The molecule has 2 N–H and O–H groups in total. The molecule has 128 valence electrons. The Hall–Kier alpha value is -1.41. The Morgan fingerprint density at radius 2 is 1.96 bits per heavy atom. The van der Waals surface area contributed by atoms with Gasteiger partial charge in [0, 0.05) is 6.54 Å². The predicted molar refractivity (Wildman–Crippen MR) is 100 cm³/mol. The van der Waals surface area contributed by atoms with Gasteiger partial charge in [-0.25, -0.2) is 0 Å². The zero-order valence-corrected chi connectivity index (χ0v) is 15.5. The quantitative estimate of drug-likeness (QED) is 0.836. The fourth-order valence-electron chi connectivity index (χ4n) is 2.67. The number of benzene rings is 1. The molecule has 0 amide bonds. The SMILES string of the molecule is CNCC(=Cc1ccc2[nH]c(=O)sc2c1)B1OC(C)(C)C(C)(C)O1. The Balaban J connectivity index is 1.94. The molecule has 24 heavy (non-hydrogen) atoms. The molecule has 7 heteroatoms. The van der Waals surface area contributed by atoms with Gasteiger partial charge in [0.2, 0.25) is 0 Å². The van der Waals surface area contributed by atoms with Crippen LogP contribution in [0.15, 0.2) is 28.5 Å². The fourth-order valence-corrected chi connectivity index (χ4v) is 3.45. The molecule has 0 unspecified atom stereocenters. The van der Waals surface area contributed by atoms with E-state index in [9.17, 15) is 4.79 Å². The van der Waals surface area contributed by atoms with Crippen molar-refractivity contribution in [2.24, 2.45) is 0 Å². The van der Waals surface area contributed by atoms with E-state index in [1.807, 2.05) is 52.9 Å². The highest BCUT2D eigenvalue weighted by molar-refractivity contribution is 7.16. The van der Waals surface area contributed by atoms with Crippen molar-refractivity contribution in [1.29, 1.82) is 0 Å². The summed E-state index contributed by atoms with van der Waals surface area (Å²) in [5.74, 6) is 0. The van der Waals surface area contributed by atoms with Crippen LogP contribution < -0.4 is 10.2 Å². The van der Waals surface area contributed by atoms with Gasteiger partial charge in [-0.05, 0) is 57.9 Å². The Morgan fingerprint density at radius 1 is 1.29 bits per heavy atom. The van der Waals surface area contributed by atoms with Crippen molar-refractivity contribution in [2.45, 2.75) is 38.9 Å². The van der Waals surface area contributed by atoms with Crippen LogP contribution >= 0.6 is 11.3 Å². The molecule has 1 aromatic heterocycles. The highest BCUT2D eigenvalue weighted by Gasteiger charge is 2.52. The monoisotopic (exact) mass is 346 g/mol. The van der Waals surface area contributed by atoms with E-state index < -0.39 is 0 Å². The molecule has 1 aliphatic heterocycles. The number of hydrogen-bond acceptors (Lipinski definition) is 5. The van der Waals surface area contributed by atoms with Crippen LogP contribution in [-0.2, 0) is 9.31 Å². The molecule has 3 rings (SSSR count). The molecule has 1 aliphatic rings. The molecule has 1 saturated heterocycles. The van der Waals surface area contributed by atoms with E-state index in [1.165, 1.54) is 11.3 Å². The van der Waals surface area contributed by atoms with E-state index in [4.69, 9.17) is 9.31 Å². The lowest BCUT2D eigenvalue weighted by Crippen LogP contribution is -2.41. The van der Waals surface area contributed by atoms with Crippen LogP contribution in [0.1, 0.15) is 33.3 Å². The zero-order valence-electron chi connectivity index (χ0n) is 14.7. The molecule has 2 heterocycles. The van der Waals surface area contributed by atoms with E-state index in [-0.39, 0.29) is 23.2 Å². The molecule has 0 aliphatic carbocycles. The van der Waals surface area contributed by atoms with Gasteiger partial charge in [-0.3, -0.25) is 4.79 Å². The first-order chi connectivity index (χ1) is 11.2. The van der Waals surface area contributed by atoms with E-state index in [2.05, 4.69) is 16.4 Å². The van der Waals surface area contributed by atoms with Gasteiger partial charge in [0.25, 0.3) is 0 Å². The van der Waals surface area contributed by atoms with Gasteiger partial charge in [0.15, 0.2) is 0 Å². The smallest absolute Gasteiger partial charge is 0.400 e. The van der Waals surface area contributed by atoms with Crippen LogP contribution in [0.3, 0.4) is 0 Å². The Kier molecular flexibility index (Phi) is 4.46. The average Bonchev–Trinajstić information content (AvgIpc) is 2.94. The molecule has 1 fully saturated rings. The number of likely N-dealkylation sites (N-methyl/N-ethyl adjacent to an activating group) is 1. The first-order valence-corrected chi connectivity index (χ1v) is 8.87. The van der Waals surface area contributed by atoms with Gasteiger partial charge in [0.05, 0.1) is 21.4 Å². The van der Waals surface area contributed by atoms with Crippen molar-refractivity contribution in [2.75, 3.05) is 13.6 Å². The Morgan fingerprint density at radius 3 is 2.58 bits per heavy atom. The second kappa shape index (κ2) is 6.15. The largest absolute Gasteiger partial charge is 0.491 e. The highest BCUT2D eigenvalue weighted by atomic mass is 32.1. The van der Waals surface area contributed by atoms with Crippen molar-refractivity contribution in [1.82, 2.24) is 10.3 Å². The summed E-state index contributed by atoms with van der Waals surface area (Å²) in [6.07, 6.45) is 2.07. The maximum absolute atomic E-state index is 11.5.